The number of para-hydroxylation sites is 1. The first-order valence-electron chi connectivity index (χ1n) is 9.07. The maximum absolute atomic E-state index is 12.6. The summed E-state index contributed by atoms with van der Waals surface area (Å²) in [6.45, 7) is -2.94. The van der Waals surface area contributed by atoms with Crippen molar-refractivity contribution in [2.75, 3.05) is 12.4 Å². The topological polar surface area (TPSA) is 47.6 Å². The van der Waals surface area contributed by atoms with Crippen LogP contribution in [0.1, 0.15) is 15.9 Å². The lowest BCUT2D eigenvalue weighted by atomic mass is 10.1. The number of anilines is 2. The largest absolute Gasteiger partial charge is 0.493 e. The van der Waals surface area contributed by atoms with Gasteiger partial charge in [0.25, 0.3) is 0 Å². The Kier molecular flexibility index (Phi) is 5.72. The molecule has 0 saturated heterocycles. The Morgan fingerprint density at radius 3 is 2.60 bits per heavy atom. The maximum atomic E-state index is 12.6. The molecule has 0 aromatic heterocycles. The van der Waals surface area contributed by atoms with Crippen molar-refractivity contribution in [3.05, 3.63) is 77.9 Å². The molecular formula is C23H17F2NO3S. The van der Waals surface area contributed by atoms with Crippen molar-refractivity contribution in [1.29, 1.82) is 0 Å². The molecular weight excluding hydrogens is 408 g/mol. The molecule has 1 N–H and O–H groups in total. The summed E-state index contributed by atoms with van der Waals surface area (Å²) < 4.78 is 34.4. The summed E-state index contributed by atoms with van der Waals surface area (Å²) in [6, 6.07) is 18.0. The monoisotopic (exact) mass is 425 g/mol. The predicted octanol–water partition coefficient (Wildman–Crippen LogP) is 6.40. The number of rotatable bonds is 6. The second-order valence-electron chi connectivity index (χ2n) is 6.42. The Morgan fingerprint density at radius 2 is 1.80 bits per heavy atom. The van der Waals surface area contributed by atoms with Gasteiger partial charge in [-0.3, -0.25) is 4.79 Å². The lowest BCUT2D eigenvalue weighted by molar-refractivity contribution is -0.0512. The Hall–Kier alpha value is -3.32. The molecule has 7 heteroatoms. The lowest BCUT2D eigenvalue weighted by Crippen LogP contribution is -2.03. The molecule has 30 heavy (non-hydrogen) atoms. The number of carbonyl (C=O) groups is 1. The molecule has 3 aromatic rings. The van der Waals surface area contributed by atoms with E-state index in [0.29, 0.717) is 11.1 Å². The molecule has 0 saturated carbocycles. The average Bonchev–Trinajstić information content (AvgIpc) is 2.76. The van der Waals surface area contributed by atoms with Gasteiger partial charge in [0.2, 0.25) is 0 Å². The highest BCUT2D eigenvalue weighted by molar-refractivity contribution is 7.99. The van der Waals surface area contributed by atoms with Crippen LogP contribution in [0.3, 0.4) is 0 Å². The molecule has 1 aliphatic heterocycles. The fourth-order valence-corrected chi connectivity index (χ4v) is 4.01. The van der Waals surface area contributed by atoms with Gasteiger partial charge in [0.15, 0.2) is 17.3 Å². The van der Waals surface area contributed by atoms with Crippen molar-refractivity contribution in [1.82, 2.24) is 0 Å². The molecule has 0 atom stereocenters. The van der Waals surface area contributed by atoms with Crippen LogP contribution in [-0.4, -0.2) is 19.5 Å². The van der Waals surface area contributed by atoms with Gasteiger partial charge >= 0.3 is 6.61 Å². The molecule has 3 aromatic carbocycles. The second-order valence-corrected chi connectivity index (χ2v) is 7.50. The van der Waals surface area contributed by atoms with Crippen molar-refractivity contribution < 1.29 is 23.0 Å². The molecule has 0 spiro atoms. The smallest absolute Gasteiger partial charge is 0.387 e. The van der Waals surface area contributed by atoms with Crippen LogP contribution < -0.4 is 14.8 Å². The molecule has 0 aliphatic carbocycles. The molecule has 1 aliphatic rings. The van der Waals surface area contributed by atoms with Crippen LogP contribution in [0, 0.1) is 0 Å². The van der Waals surface area contributed by atoms with Crippen molar-refractivity contribution in [2.45, 2.75) is 16.4 Å². The summed E-state index contributed by atoms with van der Waals surface area (Å²) in [7, 11) is 1.36. The molecule has 4 nitrogen and oxygen atoms in total. The summed E-state index contributed by atoms with van der Waals surface area (Å²) in [6.07, 6.45) is 3.04. The van der Waals surface area contributed by atoms with Crippen LogP contribution >= 0.6 is 11.8 Å². The minimum Gasteiger partial charge on any atom is -0.493 e. The van der Waals surface area contributed by atoms with Crippen LogP contribution in [0.2, 0.25) is 0 Å². The first-order chi connectivity index (χ1) is 14.5. The van der Waals surface area contributed by atoms with Crippen molar-refractivity contribution in [2.24, 2.45) is 0 Å². The average molecular weight is 425 g/mol. The third-order valence-electron chi connectivity index (χ3n) is 4.47. The number of hydrogen-bond donors (Lipinski definition) is 1. The van der Waals surface area contributed by atoms with E-state index in [1.54, 1.807) is 30.0 Å². The quantitative estimate of drug-likeness (QED) is 0.286. The Morgan fingerprint density at radius 1 is 1.00 bits per heavy atom. The number of carbonyl (C=O) groups excluding carboxylic acids is 1. The highest BCUT2D eigenvalue weighted by Gasteiger charge is 2.16. The zero-order valence-corrected chi connectivity index (χ0v) is 16.7. The minimum absolute atomic E-state index is 0.0606. The molecule has 0 unspecified atom stereocenters. The fourth-order valence-electron chi connectivity index (χ4n) is 3.04. The molecule has 0 fully saturated rings. The minimum atomic E-state index is -2.94. The van der Waals surface area contributed by atoms with Gasteiger partial charge in [-0.05, 0) is 54.1 Å². The van der Waals surface area contributed by atoms with Gasteiger partial charge < -0.3 is 14.8 Å². The molecule has 0 bridgehead atoms. The number of alkyl halides is 2. The summed E-state index contributed by atoms with van der Waals surface area (Å²) in [5.74, 6) is -0.0663. The zero-order valence-electron chi connectivity index (χ0n) is 15.9. The normalized spacial score (nSPS) is 12.3. The summed E-state index contributed by atoms with van der Waals surface area (Å²) in [5.41, 5.74) is 3.06. The Labute approximate surface area is 176 Å². The van der Waals surface area contributed by atoms with Gasteiger partial charge in [-0.2, -0.15) is 8.78 Å². The lowest BCUT2D eigenvalue weighted by Gasteiger charge is -2.20. The van der Waals surface area contributed by atoms with E-state index < -0.39 is 6.61 Å². The van der Waals surface area contributed by atoms with Crippen molar-refractivity contribution in [3.63, 3.8) is 0 Å². The molecule has 4 rings (SSSR count). The standard InChI is InChI=1S/C23H17F2NO3S/c1-28-20-12-14(7-10-19(20)29-23(24)25)6-9-18(27)15-8-11-22-17(13-15)26-16-4-2-3-5-21(16)30-22/h2-13,23,26H,1H3/b9-6+. The number of ether oxygens (including phenoxy) is 2. The Balaban J connectivity index is 1.51. The highest BCUT2D eigenvalue weighted by Crippen LogP contribution is 2.44. The Bertz CT molecular complexity index is 1130. The van der Waals surface area contributed by atoms with E-state index in [1.807, 2.05) is 36.4 Å². The van der Waals surface area contributed by atoms with Crippen molar-refractivity contribution in [3.8, 4) is 11.5 Å². The number of hydrogen-bond acceptors (Lipinski definition) is 5. The number of ketones is 1. The number of allylic oxidation sites excluding steroid dienone is 1. The van der Waals surface area contributed by atoms with E-state index in [4.69, 9.17) is 4.74 Å². The van der Waals surface area contributed by atoms with Crippen molar-refractivity contribution >= 4 is 35.0 Å². The van der Waals surface area contributed by atoms with Crippen LogP contribution in [0.4, 0.5) is 20.2 Å². The number of fused-ring (bicyclic) bond motifs is 2. The number of benzene rings is 3. The van der Waals surface area contributed by atoms with E-state index in [0.717, 1.165) is 21.2 Å². The molecule has 0 radical (unpaired) electrons. The first-order valence-corrected chi connectivity index (χ1v) is 9.88. The summed E-state index contributed by atoms with van der Waals surface area (Å²) >= 11 is 1.65. The second kappa shape index (κ2) is 8.59. The van der Waals surface area contributed by atoms with Crippen LogP contribution in [0.25, 0.3) is 6.08 Å². The third kappa shape index (κ3) is 4.31. The number of nitrogens with one attached hydrogen (secondary N) is 1. The zero-order chi connectivity index (χ0) is 21.1. The summed E-state index contributed by atoms with van der Waals surface area (Å²) in [5, 5.41) is 3.36. The van der Waals surface area contributed by atoms with Crippen LogP contribution in [0.15, 0.2) is 76.5 Å². The third-order valence-corrected chi connectivity index (χ3v) is 5.62. The van der Waals surface area contributed by atoms with E-state index in [1.165, 1.54) is 25.3 Å². The number of halogens is 2. The van der Waals surface area contributed by atoms with Gasteiger partial charge in [0.1, 0.15) is 0 Å². The molecule has 0 amide bonds. The number of methoxy groups -OCH3 is 1. The van der Waals surface area contributed by atoms with E-state index in [9.17, 15) is 13.6 Å². The first kappa shape index (κ1) is 20.0. The van der Waals surface area contributed by atoms with E-state index in [2.05, 4.69) is 10.1 Å². The SMILES string of the molecule is COc1cc(/C=C/C(=O)c2ccc3c(c2)Nc2ccccc2S3)ccc1OC(F)F. The maximum Gasteiger partial charge on any atom is 0.387 e. The van der Waals surface area contributed by atoms with Gasteiger partial charge in [0.05, 0.1) is 18.5 Å². The van der Waals surface area contributed by atoms with Gasteiger partial charge in [-0.15, -0.1) is 0 Å². The fraction of sp³-hybridized carbons (Fsp3) is 0.0870. The van der Waals surface area contributed by atoms with Crippen LogP contribution in [0.5, 0.6) is 11.5 Å². The van der Waals surface area contributed by atoms with Gasteiger partial charge in [-0.1, -0.05) is 36.0 Å². The summed E-state index contributed by atoms with van der Waals surface area (Å²) in [4.78, 5) is 14.8. The van der Waals surface area contributed by atoms with Crippen LogP contribution in [-0.2, 0) is 0 Å². The molecule has 1 heterocycles. The van der Waals surface area contributed by atoms with Gasteiger partial charge in [-0.25, -0.2) is 0 Å². The van der Waals surface area contributed by atoms with E-state index >= 15 is 0 Å². The molecule has 152 valence electrons. The van der Waals surface area contributed by atoms with E-state index in [-0.39, 0.29) is 17.3 Å². The highest BCUT2D eigenvalue weighted by atomic mass is 32.2. The predicted molar refractivity (Wildman–Crippen MR) is 113 cm³/mol. The van der Waals surface area contributed by atoms with Gasteiger partial charge in [0, 0.05) is 15.4 Å².